The second-order valence-corrected chi connectivity index (χ2v) is 7.97. The summed E-state index contributed by atoms with van der Waals surface area (Å²) in [7, 11) is -3.56. The highest BCUT2D eigenvalue weighted by atomic mass is 32.2. The van der Waals surface area contributed by atoms with E-state index in [1.54, 1.807) is 4.90 Å². The van der Waals surface area contributed by atoms with E-state index in [-0.39, 0.29) is 18.6 Å². The molecule has 1 rings (SSSR count). The molecule has 1 heterocycles. The van der Waals surface area contributed by atoms with Crippen molar-refractivity contribution in [3.05, 3.63) is 0 Å². The van der Waals surface area contributed by atoms with Gasteiger partial charge in [-0.25, -0.2) is 18.4 Å². The van der Waals surface area contributed by atoms with Crippen LogP contribution in [0, 0.1) is 5.92 Å². The van der Waals surface area contributed by atoms with Crippen molar-refractivity contribution >= 4 is 16.1 Å². The number of carbonyl (C=O) groups excluding carboxylic acids is 1. The van der Waals surface area contributed by atoms with Gasteiger partial charge >= 0.3 is 6.03 Å². The Labute approximate surface area is 122 Å². The lowest BCUT2D eigenvalue weighted by Crippen LogP contribution is -2.51. The molecule has 1 aliphatic heterocycles. The largest absolute Gasteiger partial charge is 0.336 e. The number of sulfonamides is 1. The lowest BCUT2D eigenvalue weighted by molar-refractivity contribution is 0.183. The van der Waals surface area contributed by atoms with Crippen LogP contribution < -0.4 is 10.5 Å². The minimum absolute atomic E-state index is 0.0970. The number of primary sulfonamides is 1. The van der Waals surface area contributed by atoms with Crippen LogP contribution in [0.2, 0.25) is 0 Å². The molecule has 0 saturated carbocycles. The first kappa shape index (κ1) is 17.2. The summed E-state index contributed by atoms with van der Waals surface area (Å²) in [4.78, 5) is 13.7. The van der Waals surface area contributed by atoms with Gasteiger partial charge in [0.05, 0.1) is 5.25 Å². The van der Waals surface area contributed by atoms with Gasteiger partial charge in [0.1, 0.15) is 0 Å². The molecular formula is C13H27N3O3S. The van der Waals surface area contributed by atoms with E-state index in [9.17, 15) is 13.2 Å². The maximum Gasteiger partial charge on any atom is 0.317 e. The Bertz CT molecular complexity index is 423. The fraction of sp³-hybridized carbons (Fsp3) is 0.923. The molecule has 0 spiro atoms. The van der Waals surface area contributed by atoms with E-state index >= 15 is 0 Å². The van der Waals surface area contributed by atoms with Crippen LogP contribution in [0.3, 0.4) is 0 Å². The fourth-order valence-electron chi connectivity index (χ4n) is 2.35. The molecule has 2 unspecified atom stereocenters. The molecule has 1 fully saturated rings. The fourth-order valence-corrected chi connectivity index (χ4v) is 3.23. The van der Waals surface area contributed by atoms with Gasteiger partial charge in [-0.3, -0.25) is 0 Å². The monoisotopic (exact) mass is 305 g/mol. The van der Waals surface area contributed by atoms with E-state index in [1.807, 2.05) is 6.92 Å². The molecule has 0 aliphatic carbocycles. The Balaban J connectivity index is 2.47. The smallest absolute Gasteiger partial charge is 0.317 e. The molecule has 0 aromatic heterocycles. The average Bonchev–Trinajstić information content (AvgIpc) is 2.35. The Morgan fingerprint density at radius 2 is 2.00 bits per heavy atom. The van der Waals surface area contributed by atoms with Gasteiger partial charge in [0.25, 0.3) is 0 Å². The summed E-state index contributed by atoms with van der Waals surface area (Å²) in [5.41, 5.74) is 0. The first-order chi connectivity index (χ1) is 9.20. The van der Waals surface area contributed by atoms with Crippen LogP contribution in [0.4, 0.5) is 4.79 Å². The summed E-state index contributed by atoms with van der Waals surface area (Å²) < 4.78 is 22.7. The molecular weight excluding hydrogens is 278 g/mol. The van der Waals surface area contributed by atoms with Crippen molar-refractivity contribution in [2.45, 2.75) is 57.7 Å². The standard InChI is InChI=1S/C13H27N3O3S/c1-10(2)6-7-11(3)15-13(17)16-8-4-5-12(9-16)20(14,18)19/h10-12H,4-9H2,1-3H3,(H,15,17)(H2,14,18,19). The van der Waals surface area contributed by atoms with Crippen LogP contribution in [0.5, 0.6) is 0 Å². The number of likely N-dealkylation sites (tertiary alicyclic amines) is 1. The van der Waals surface area contributed by atoms with Crippen molar-refractivity contribution in [3.63, 3.8) is 0 Å². The number of nitrogens with zero attached hydrogens (tertiary/aromatic N) is 1. The highest BCUT2D eigenvalue weighted by Gasteiger charge is 2.30. The normalized spacial score (nSPS) is 21.9. The Kier molecular flexibility index (Phi) is 6.26. The van der Waals surface area contributed by atoms with Crippen LogP contribution >= 0.6 is 0 Å². The number of nitrogens with two attached hydrogens (primary N) is 1. The summed E-state index contributed by atoms with van der Waals surface area (Å²) >= 11 is 0. The van der Waals surface area contributed by atoms with Gasteiger partial charge in [0.2, 0.25) is 10.0 Å². The molecule has 0 aromatic carbocycles. The molecule has 3 N–H and O–H groups in total. The Morgan fingerprint density at radius 3 is 2.55 bits per heavy atom. The van der Waals surface area contributed by atoms with Gasteiger partial charge in [-0.15, -0.1) is 0 Å². The second-order valence-electron chi connectivity index (χ2n) is 6.12. The molecule has 0 radical (unpaired) electrons. The maximum atomic E-state index is 12.1. The van der Waals surface area contributed by atoms with Crippen molar-refractivity contribution in [2.75, 3.05) is 13.1 Å². The quantitative estimate of drug-likeness (QED) is 0.801. The molecule has 1 saturated heterocycles. The number of nitrogens with one attached hydrogen (secondary N) is 1. The maximum absolute atomic E-state index is 12.1. The first-order valence-corrected chi connectivity index (χ1v) is 8.88. The van der Waals surface area contributed by atoms with Crippen molar-refractivity contribution in [1.82, 2.24) is 10.2 Å². The Morgan fingerprint density at radius 1 is 1.35 bits per heavy atom. The van der Waals surface area contributed by atoms with E-state index in [0.29, 0.717) is 25.3 Å². The lowest BCUT2D eigenvalue weighted by atomic mass is 10.0. The minimum atomic E-state index is -3.56. The van der Waals surface area contributed by atoms with Crippen molar-refractivity contribution in [3.8, 4) is 0 Å². The van der Waals surface area contributed by atoms with E-state index in [0.717, 1.165) is 12.8 Å². The average molecular weight is 305 g/mol. The lowest BCUT2D eigenvalue weighted by Gasteiger charge is -2.32. The van der Waals surface area contributed by atoms with Gasteiger partial charge in [0.15, 0.2) is 0 Å². The van der Waals surface area contributed by atoms with Crippen molar-refractivity contribution < 1.29 is 13.2 Å². The molecule has 2 atom stereocenters. The van der Waals surface area contributed by atoms with Gasteiger partial charge in [-0.05, 0) is 38.5 Å². The number of rotatable bonds is 5. The molecule has 0 aromatic rings. The third-order valence-electron chi connectivity index (χ3n) is 3.68. The molecule has 118 valence electrons. The second kappa shape index (κ2) is 7.26. The van der Waals surface area contributed by atoms with E-state index in [2.05, 4.69) is 19.2 Å². The number of hydrogen-bond donors (Lipinski definition) is 2. The summed E-state index contributed by atoms with van der Waals surface area (Å²) in [6.45, 7) is 7.06. The van der Waals surface area contributed by atoms with Gasteiger partial charge in [-0.2, -0.15) is 0 Å². The summed E-state index contributed by atoms with van der Waals surface area (Å²) in [6.07, 6.45) is 3.19. The van der Waals surface area contributed by atoms with Crippen LogP contribution in [-0.2, 0) is 10.0 Å². The van der Waals surface area contributed by atoms with Gasteiger partial charge < -0.3 is 10.2 Å². The topological polar surface area (TPSA) is 92.5 Å². The zero-order valence-corrected chi connectivity index (χ0v) is 13.4. The molecule has 7 heteroatoms. The molecule has 1 aliphatic rings. The van der Waals surface area contributed by atoms with Crippen LogP contribution in [0.15, 0.2) is 0 Å². The van der Waals surface area contributed by atoms with Crippen LogP contribution in [-0.4, -0.2) is 43.7 Å². The minimum Gasteiger partial charge on any atom is -0.336 e. The third kappa shape index (κ3) is 5.66. The predicted molar refractivity (Wildman–Crippen MR) is 79.8 cm³/mol. The number of carbonyl (C=O) groups is 1. The molecule has 0 bridgehead atoms. The van der Waals surface area contributed by atoms with E-state index < -0.39 is 15.3 Å². The summed E-state index contributed by atoms with van der Waals surface area (Å²) in [6, 6.07) is -0.0885. The Hall–Kier alpha value is -0.820. The zero-order valence-electron chi connectivity index (χ0n) is 12.6. The predicted octanol–water partition coefficient (Wildman–Crippen LogP) is 1.27. The number of piperidine rings is 1. The number of hydrogen-bond acceptors (Lipinski definition) is 3. The van der Waals surface area contributed by atoms with Crippen LogP contribution in [0.1, 0.15) is 46.5 Å². The number of amides is 2. The summed E-state index contributed by atoms with van der Waals surface area (Å²) in [5, 5.41) is 7.47. The molecule has 6 nitrogen and oxygen atoms in total. The van der Waals surface area contributed by atoms with Gasteiger partial charge in [0, 0.05) is 19.1 Å². The van der Waals surface area contributed by atoms with Crippen molar-refractivity contribution in [1.29, 1.82) is 0 Å². The first-order valence-electron chi connectivity index (χ1n) is 7.27. The SMILES string of the molecule is CC(C)CCC(C)NC(=O)N1CCCC(S(N)(=O)=O)C1. The van der Waals surface area contributed by atoms with E-state index in [1.165, 1.54) is 0 Å². The van der Waals surface area contributed by atoms with Crippen molar-refractivity contribution in [2.24, 2.45) is 11.1 Å². The highest BCUT2D eigenvalue weighted by molar-refractivity contribution is 7.89. The zero-order chi connectivity index (χ0) is 15.3. The highest BCUT2D eigenvalue weighted by Crippen LogP contribution is 2.15. The third-order valence-corrected chi connectivity index (χ3v) is 4.99. The number of urea groups is 1. The molecule has 2 amide bonds. The van der Waals surface area contributed by atoms with Crippen LogP contribution in [0.25, 0.3) is 0 Å². The van der Waals surface area contributed by atoms with E-state index in [4.69, 9.17) is 5.14 Å². The summed E-state index contributed by atoms with van der Waals surface area (Å²) in [5.74, 6) is 0.608. The van der Waals surface area contributed by atoms with Gasteiger partial charge in [-0.1, -0.05) is 13.8 Å². The molecule has 20 heavy (non-hydrogen) atoms.